The van der Waals surface area contributed by atoms with E-state index in [9.17, 15) is 0 Å². The minimum atomic E-state index is -1.82. The molecule has 0 aliphatic carbocycles. The van der Waals surface area contributed by atoms with Crippen molar-refractivity contribution in [1.29, 1.82) is 0 Å². The molecule has 6 heteroatoms. The molecule has 0 amide bonds. The molecule has 0 aromatic rings. The number of aliphatic carboxylic acids is 2. The number of hydrogen-bond acceptors (Lipinski definition) is 2. The Bertz CT molecular complexity index is 80.0. The topological polar surface area (TPSA) is 74.6 Å². The maximum atomic E-state index is 9.10. The fourth-order valence-corrected chi connectivity index (χ4v) is 0. The van der Waals surface area contributed by atoms with Crippen molar-refractivity contribution >= 4 is 63.3 Å². The molecule has 0 atom stereocenters. The molecule has 0 bridgehead atoms. The summed E-state index contributed by atoms with van der Waals surface area (Å²) in [6.45, 7) is 0. The van der Waals surface area contributed by atoms with Gasteiger partial charge in [-0.25, -0.2) is 9.59 Å². The van der Waals surface area contributed by atoms with Crippen molar-refractivity contribution in [2.45, 2.75) is 0 Å². The third kappa shape index (κ3) is 10.3. The second kappa shape index (κ2) is 8.29. The van der Waals surface area contributed by atoms with Crippen LogP contribution >= 0.6 is 0 Å². The minimum absolute atomic E-state index is 0. The Balaban J connectivity index is -0.000000125. The first-order valence-corrected chi connectivity index (χ1v) is 1.11. The molecule has 0 spiro atoms. The van der Waals surface area contributed by atoms with Crippen molar-refractivity contribution < 1.29 is 41.5 Å². The van der Waals surface area contributed by atoms with Crippen LogP contribution in [0.25, 0.3) is 0 Å². The molecular formula is C2H2KO4Ti. The second-order valence-electron chi connectivity index (χ2n) is 0.610. The standard InChI is InChI=1S/C2H2O4.K.Ti/c3-1(4)2(5)6;;/h(H,3,4)(H,5,6);;. The van der Waals surface area contributed by atoms with Gasteiger partial charge in [-0.15, -0.1) is 0 Å². The van der Waals surface area contributed by atoms with E-state index in [1.807, 2.05) is 0 Å². The first-order chi connectivity index (χ1) is 2.64. The first-order valence-electron chi connectivity index (χ1n) is 1.11. The first kappa shape index (κ1) is 16.1. The number of carboxylic acid groups (broad SMARTS) is 2. The van der Waals surface area contributed by atoms with Gasteiger partial charge < -0.3 is 10.2 Å². The molecule has 0 saturated carbocycles. The SMILES string of the molecule is O=C(O)C(=O)O.[K].[Ti]. The summed E-state index contributed by atoms with van der Waals surface area (Å²) in [5, 5.41) is 14.8. The van der Waals surface area contributed by atoms with Crippen LogP contribution in [0.3, 0.4) is 0 Å². The average molecular weight is 177 g/mol. The third-order valence-corrected chi connectivity index (χ3v) is 0.183. The molecule has 0 aliphatic heterocycles. The van der Waals surface area contributed by atoms with E-state index >= 15 is 0 Å². The maximum absolute atomic E-state index is 9.10. The van der Waals surface area contributed by atoms with Gasteiger partial charge in [0.1, 0.15) is 0 Å². The molecule has 0 aromatic carbocycles. The Morgan fingerprint density at radius 1 is 1.00 bits per heavy atom. The predicted octanol–water partition coefficient (Wildman–Crippen LogP) is -1.23. The molecule has 0 rings (SSSR count). The van der Waals surface area contributed by atoms with Crippen molar-refractivity contribution in [2.75, 3.05) is 0 Å². The summed E-state index contributed by atoms with van der Waals surface area (Å²) in [6.07, 6.45) is 0. The van der Waals surface area contributed by atoms with E-state index in [-0.39, 0.29) is 73.1 Å². The quantitative estimate of drug-likeness (QED) is 0.359. The van der Waals surface area contributed by atoms with Gasteiger partial charge in [-0.3, -0.25) is 0 Å². The van der Waals surface area contributed by atoms with Crippen molar-refractivity contribution in [1.82, 2.24) is 0 Å². The van der Waals surface area contributed by atoms with Crippen LogP contribution < -0.4 is 0 Å². The molecule has 0 heterocycles. The van der Waals surface area contributed by atoms with E-state index in [4.69, 9.17) is 19.8 Å². The van der Waals surface area contributed by atoms with Crippen LogP contribution in [0.2, 0.25) is 0 Å². The Hall–Kier alpha value is 1.29. The van der Waals surface area contributed by atoms with Gasteiger partial charge in [-0.05, 0) is 0 Å². The predicted molar refractivity (Wildman–Crippen MR) is 21.0 cm³/mol. The van der Waals surface area contributed by atoms with Crippen LogP contribution in [-0.4, -0.2) is 73.5 Å². The van der Waals surface area contributed by atoms with Crippen LogP contribution in [0.4, 0.5) is 0 Å². The Labute approximate surface area is 103 Å². The van der Waals surface area contributed by atoms with Crippen LogP contribution in [0.1, 0.15) is 0 Å². The van der Waals surface area contributed by atoms with Gasteiger partial charge in [0.2, 0.25) is 0 Å². The van der Waals surface area contributed by atoms with Crippen LogP contribution in [-0.2, 0) is 31.3 Å². The van der Waals surface area contributed by atoms with E-state index in [0.717, 1.165) is 0 Å². The van der Waals surface area contributed by atoms with Crippen LogP contribution in [0.5, 0.6) is 0 Å². The normalized spacial score (nSPS) is 5.50. The molecule has 0 saturated heterocycles. The molecule has 4 nitrogen and oxygen atoms in total. The second-order valence-corrected chi connectivity index (χ2v) is 0.610. The fourth-order valence-electron chi connectivity index (χ4n) is 0. The van der Waals surface area contributed by atoms with E-state index in [2.05, 4.69) is 0 Å². The summed E-state index contributed by atoms with van der Waals surface area (Å²) in [6, 6.07) is 0. The third-order valence-electron chi connectivity index (χ3n) is 0.183. The van der Waals surface area contributed by atoms with Gasteiger partial charge in [0.05, 0.1) is 0 Å². The Morgan fingerprint density at radius 3 is 1.12 bits per heavy atom. The molecule has 2 N–H and O–H groups in total. The Kier molecular flexibility index (Phi) is 16.7. The van der Waals surface area contributed by atoms with Gasteiger partial charge in [0.15, 0.2) is 0 Å². The van der Waals surface area contributed by atoms with Crippen LogP contribution in [0.15, 0.2) is 0 Å². The molecule has 1 radical (unpaired) electrons. The number of rotatable bonds is 0. The molecule has 39 valence electrons. The zero-order valence-corrected chi connectivity index (χ0v) is 8.90. The summed E-state index contributed by atoms with van der Waals surface area (Å²) in [4.78, 5) is 18.2. The van der Waals surface area contributed by atoms with Crippen molar-refractivity contribution in [3.05, 3.63) is 0 Å². The summed E-state index contributed by atoms with van der Waals surface area (Å²) in [5.41, 5.74) is 0. The Morgan fingerprint density at radius 2 is 1.12 bits per heavy atom. The summed E-state index contributed by atoms with van der Waals surface area (Å²) < 4.78 is 0. The maximum Gasteiger partial charge on any atom is 0.414 e. The van der Waals surface area contributed by atoms with E-state index in [0.29, 0.717) is 0 Å². The summed E-state index contributed by atoms with van der Waals surface area (Å²) in [5.74, 6) is -3.65. The van der Waals surface area contributed by atoms with Crippen molar-refractivity contribution in [3.8, 4) is 0 Å². The van der Waals surface area contributed by atoms with Crippen LogP contribution in [0, 0.1) is 0 Å². The van der Waals surface area contributed by atoms with E-state index in [1.54, 1.807) is 0 Å². The van der Waals surface area contributed by atoms with Gasteiger partial charge in [0.25, 0.3) is 0 Å². The number of hydrogen-bond donors (Lipinski definition) is 2. The number of carbonyl (C=O) groups is 2. The number of carboxylic acids is 2. The largest absolute Gasteiger partial charge is 0.473 e. The van der Waals surface area contributed by atoms with Gasteiger partial charge >= 0.3 is 11.9 Å². The van der Waals surface area contributed by atoms with Gasteiger partial charge in [-0.1, -0.05) is 0 Å². The molecule has 8 heavy (non-hydrogen) atoms. The van der Waals surface area contributed by atoms with Crippen molar-refractivity contribution in [2.24, 2.45) is 0 Å². The zero-order valence-electron chi connectivity index (χ0n) is 4.21. The average Bonchev–Trinajstić information content (AvgIpc) is 1.36. The minimum Gasteiger partial charge on any atom is -0.473 e. The molecular weight excluding hydrogens is 175 g/mol. The monoisotopic (exact) mass is 177 g/mol. The molecule has 0 aliphatic rings. The van der Waals surface area contributed by atoms with E-state index in [1.165, 1.54) is 0 Å². The molecule has 0 unspecified atom stereocenters. The smallest absolute Gasteiger partial charge is 0.414 e. The molecule has 0 aromatic heterocycles. The summed E-state index contributed by atoms with van der Waals surface area (Å²) >= 11 is 0. The van der Waals surface area contributed by atoms with Crippen molar-refractivity contribution in [3.63, 3.8) is 0 Å². The molecule has 0 fully saturated rings. The van der Waals surface area contributed by atoms with E-state index < -0.39 is 11.9 Å². The zero-order chi connectivity index (χ0) is 5.15. The fraction of sp³-hybridized carbons (Fsp3) is 0. The van der Waals surface area contributed by atoms with Gasteiger partial charge in [-0.2, -0.15) is 0 Å². The van der Waals surface area contributed by atoms with Gasteiger partial charge in [0, 0.05) is 73.1 Å². The summed E-state index contributed by atoms with van der Waals surface area (Å²) in [7, 11) is 0.